The van der Waals surface area contributed by atoms with Crippen LogP contribution in [0.5, 0.6) is 11.5 Å². The number of carbonyl (C=O) groups is 1. The van der Waals surface area contributed by atoms with Crippen LogP contribution >= 0.6 is 23.2 Å². The first-order valence-electron chi connectivity index (χ1n) is 14.9. The van der Waals surface area contributed by atoms with Gasteiger partial charge in [-0.3, -0.25) is 4.79 Å². The summed E-state index contributed by atoms with van der Waals surface area (Å²) in [6.07, 6.45) is 3.05. The SMILES string of the molecule is C=C/C(Cl)=C(C[C@H](OC(=O)[C@@H]1CCCN1S(=O)(=O)c1ccc(CNc2ccccc2F)cc1)c1ccc(OC)c(OC)c1)\C(Cl)=C/C. The van der Waals surface area contributed by atoms with E-state index in [1.54, 1.807) is 61.5 Å². The van der Waals surface area contributed by atoms with E-state index in [0.29, 0.717) is 46.3 Å². The Kier molecular flexibility index (Phi) is 12.5. The molecule has 8 nitrogen and oxygen atoms in total. The number of allylic oxidation sites excluding steroid dienone is 4. The highest BCUT2D eigenvalue weighted by atomic mass is 35.5. The Labute approximate surface area is 285 Å². The molecule has 1 saturated heterocycles. The van der Waals surface area contributed by atoms with Gasteiger partial charge < -0.3 is 19.5 Å². The van der Waals surface area contributed by atoms with E-state index in [1.165, 1.54) is 42.8 Å². The Bertz CT molecular complexity index is 1760. The zero-order valence-electron chi connectivity index (χ0n) is 26.3. The Morgan fingerprint density at radius 3 is 2.43 bits per heavy atom. The number of carbonyl (C=O) groups excluding carboxylic acids is 1. The average molecular weight is 704 g/mol. The fourth-order valence-electron chi connectivity index (χ4n) is 5.27. The highest BCUT2D eigenvalue weighted by Gasteiger charge is 2.41. The van der Waals surface area contributed by atoms with Crippen LogP contribution in [0.1, 0.15) is 43.4 Å². The summed E-state index contributed by atoms with van der Waals surface area (Å²) in [5, 5.41) is 3.64. The molecule has 3 aromatic rings. The van der Waals surface area contributed by atoms with Crippen molar-refractivity contribution in [2.24, 2.45) is 0 Å². The van der Waals surface area contributed by atoms with Gasteiger partial charge in [-0.15, -0.1) is 0 Å². The first kappa shape index (κ1) is 36.0. The molecule has 1 heterocycles. The summed E-state index contributed by atoms with van der Waals surface area (Å²) in [4.78, 5) is 13.9. The minimum atomic E-state index is -4.06. The maximum absolute atomic E-state index is 14.0. The van der Waals surface area contributed by atoms with E-state index < -0.39 is 28.1 Å². The summed E-state index contributed by atoms with van der Waals surface area (Å²) in [6, 6.07) is 16.6. The summed E-state index contributed by atoms with van der Waals surface area (Å²) in [5.41, 5.74) is 2.16. The van der Waals surface area contributed by atoms with Gasteiger partial charge in [0.25, 0.3) is 0 Å². The van der Waals surface area contributed by atoms with Gasteiger partial charge >= 0.3 is 5.97 Å². The van der Waals surface area contributed by atoms with E-state index in [9.17, 15) is 17.6 Å². The number of methoxy groups -OCH3 is 2. The summed E-state index contributed by atoms with van der Waals surface area (Å²) in [7, 11) is -1.06. The molecule has 12 heteroatoms. The number of ether oxygens (including phenoxy) is 3. The van der Waals surface area contributed by atoms with Crippen molar-refractivity contribution in [1.82, 2.24) is 4.31 Å². The van der Waals surface area contributed by atoms with Gasteiger partial charge in [0.15, 0.2) is 11.5 Å². The highest BCUT2D eigenvalue weighted by molar-refractivity contribution is 7.89. The Hall–Kier alpha value is -3.83. The molecular formula is C35H37Cl2FN2O6S. The molecule has 0 saturated carbocycles. The summed E-state index contributed by atoms with van der Waals surface area (Å²) in [5.74, 6) is -0.189. The molecule has 1 aliphatic heterocycles. The van der Waals surface area contributed by atoms with Gasteiger partial charge in [-0.25, -0.2) is 12.8 Å². The van der Waals surface area contributed by atoms with Crippen LogP contribution in [0.15, 0.2) is 106 Å². The third kappa shape index (κ3) is 8.56. The van der Waals surface area contributed by atoms with Crippen molar-refractivity contribution >= 4 is 44.9 Å². The maximum atomic E-state index is 14.0. The quantitative estimate of drug-likeness (QED) is 0.134. The second-order valence-corrected chi connectivity index (χ2v) is 13.4. The third-order valence-electron chi connectivity index (χ3n) is 7.80. The zero-order chi connectivity index (χ0) is 34.1. The van der Waals surface area contributed by atoms with Gasteiger partial charge in [0, 0.05) is 29.6 Å². The molecule has 0 radical (unpaired) electrons. The predicted molar refractivity (Wildman–Crippen MR) is 183 cm³/mol. The normalized spacial score (nSPS) is 16.6. The van der Waals surface area contributed by atoms with E-state index in [1.807, 2.05) is 0 Å². The minimum absolute atomic E-state index is 0.0335. The molecule has 2 atom stereocenters. The maximum Gasteiger partial charge on any atom is 0.325 e. The van der Waals surface area contributed by atoms with Crippen molar-refractivity contribution in [2.75, 3.05) is 26.1 Å². The summed E-state index contributed by atoms with van der Waals surface area (Å²) in [6.45, 7) is 5.93. The van der Waals surface area contributed by atoms with E-state index in [2.05, 4.69) is 11.9 Å². The molecule has 0 aromatic heterocycles. The summed E-state index contributed by atoms with van der Waals surface area (Å²) >= 11 is 13.0. The van der Waals surface area contributed by atoms with Crippen molar-refractivity contribution in [2.45, 2.75) is 49.8 Å². The van der Waals surface area contributed by atoms with Gasteiger partial charge in [-0.05, 0) is 72.9 Å². The van der Waals surface area contributed by atoms with Crippen LogP contribution in [0.3, 0.4) is 0 Å². The molecular weight excluding hydrogens is 666 g/mol. The van der Waals surface area contributed by atoms with Gasteiger partial charge in [0.05, 0.1) is 24.8 Å². The van der Waals surface area contributed by atoms with Crippen LogP contribution in [0.25, 0.3) is 0 Å². The molecule has 3 aromatic carbocycles. The topological polar surface area (TPSA) is 94.2 Å². The van der Waals surface area contributed by atoms with Crippen LogP contribution in [-0.2, 0) is 26.1 Å². The van der Waals surface area contributed by atoms with Crippen molar-refractivity contribution in [3.63, 3.8) is 0 Å². The number of nitrogens with one attached hydrogen (secondary N) is 1. The van der Waals surface area contributed by atoms with Crippen molar-refractivity contribution in [1.29, 1.82) is 0 Å². The third-order valence-corrected chi connectivity index (χ3v) is 10.6. The fraction of sp³-hybridized carbons (Fsp3) is 0.286. The monoisotopic (exact) mass is 702 g/mol. The molecule has 1 aliphatic rings. The molecule has 1 N–H and O–H groups in total. The van der Waals surface area contributed by atoms with E-state index in [-0.39, 0.29) is 35.1 Å². The standard InChI is InChI=1S/C35H37Cl2FN2O6S/c1-5-27(36)26(28(37)6-2)21-33(24-15-18-32(44-3)34(20-24)45-4)46-35(41)31-12-9-19-40(31)47(42,43)25-16-13-23(14-17-25)22-39-30-11-8-7-10-29(30)38/h5-8,10-11,13-18,20,31,33,39H,1,9,12,19,21-22H2,2-4H3/b27-26+,28-6+/t31-,33-/m0/s1. The number of anilines is 1. The lowest BCUT2D eigenvalue weighted by molar-refractivity contribution is -0.153. The van der Waals surface area contributed by atoms with E-state index in [4.69, 9.17) is 37.4 Å². The predicted octanol–water partition coefficient (Wildman–Crippen LogP) is 8.10. The number of rotatable bonds is 14. The molecule has 0 amide bonds. The number of benzene rings is 3. The Balaban J connectivity index is 1.58. The minimum Gasteiger partial charge on any atom is -0.493 e. The molecule has 4 rings (SSSR count). The molecule has 0 aliphatic carbocycles. The first-order valence-corrected chi connectivity index (χ1v) is 17.1. The number of para-hydroxylation sites is 1. The second-order valence-electron chi connectivity index (χ2n) is 10.7. The Morgan fingerprint density at radius 2 is 1.79 bits per heavy atom. The molecule has 0 unspecified atom stereocenters. The van der Waals surface area contributed by atoms with Gasteiger partial charge in [-0.1, -0.05) is 72.3 Å². The number of hydrogen-bond acceptors (Lipinski definition) is 7. The number of esters is 1. The lowest BCUT2D eigenvalue weighted by atomic mass is 9.99. The van der Waals surface area contributed by atoms with E-state index >= 15 is 0 Å². The average Bonchev–Trinajstić information content (AvgIpc) is 3.60. The lowest BCUT2D eigenvalue weighted by Crippen LogP contribution is -2.41. The highest BCUT2D eigenvalue weighted by Crippen LogP contribution is 2.38. The van der Waals surface area contributed by atoms with Crippen molar-refractivity contribution in [3.05, 3.63) is 118 Å². The molecule has 0 bridgehead atoms. The smallest absolute Gasteiger partial charge is 0.325 e. The lowest BCUT2D eigenvalue weighted by Gasteiger charge is -2.27. The molecule has 1 fully saturated rings. The fourth-order valence-corrected chi connectivity index (χ4v) is 7.32. The van der Waals surface area contributed by atoms with Gasteiger partial charge in [0.1, 0.15) is 18.0 Å². The van der Waals surface area contributed by atoms with Gasteiger partial charge in [0.2, 0.25) is 10.0 Å². The van der Waals surface area contributed by atoms with Crippen LogP contribution in [0, 0.1) is 5.82 Å². The van der Waals surface area contributed by atoms with Crippen LogP contribution < -0.4 is 14.8 Å². The Morgan fingerprint density at radius 1 is 1.09 bits per heavy atom. The van der Waals surface area contributed by atoms with Gasteiger partial charge in [-0.2, -0.15) is 4.31 Å². The van der Waals surface area contributed by atoms with Crippen molar-refractivity contribution in [3.8, 4) is 11.5 Å². The second kappa shape index (κ2) is 16.3. The van der Waals surface area contributed by atoms with Crippen LogP contribution in [0.4, 0.5) is 10.1 Å². The summed E-state index contributed by atoms with van der Waals surface area (Å²) < 4.78 is 59.7. The van der Waals surface area contributed by atoms with Crippen LogP contribution in [0.2, 0.25) is 0 Å². The zero-order valence-corrected chi connectivity index (χ0v) is 28.7. The molecule has 0 spiro atoms. The number of sulfonamides is 1. The number of halogens is 3. The largest absolute Gasteiger partial charge is 0.493 e. The molecule has 47 heavy (non-hydrogen) atoms. The number of nitrogens with zero attached hydrogens (tertiary/aromatic N) is 1. The van der Waals surface area contributed by atoms with Crippen LogP contribution in [-0.4, -0.2) is 45.5 Å². The molecule has 250 valence electrons. The van der Waals surface area contributed by atoms with Crippen molar-refractivity contribution < 1.29 is 31.8 Å². The van der Waals surface area contributed by atoms with E-state index in [0.717, 1.165) is 5.56 Å². The number of hydrogen-bond donors (Lipinski definition) is 1. The first-order chi connectivity index (χ1) is 22.5.